The summed E-state index contributed by atoms with van der Waals surface area (Å²) in [5.74, 6) is -0.00417. The second-order valence-corrected chi connectivity index (χ2v) is 5.70. The molecule has 0 atom stereocenters. The fraction of sp³-hybridized carbons (Fsp3) is 0.250. The SMILES string of the molecule is Cc1ccc(NC(=O)COc2c(Cl)c(C)nc(C)c2Cl)cc1. The maximum Gasteiger partial charge on any atom is 0.262 e. The highest BCUT2D eigenvalue weighted by molar-refractivity contribution is 6.37. The number of carbonyl (C=O) groups excluding carboxylic acids is 1. The first-order chi connectivity index (χ1) is 10.4. The second-order valence-electron chi connectivity index (χ2n) is 4.94. The van der Waals surface area contributed by atoms with Crippen molar-refractivity contribution < 1.29 is 9.53 Å². The van der Waals surface area contributed by atoms with E-state index in [1.165, 1.54) is 0 Å². The molecule has 4 nitrogen and oxygen atoms in total. The number of benzene rings is 1. The smallest absolute Gasteiger partial charge is 0.262 e. The summed E-state index contributed by atoms with van der Waals surface area (Å²) >= 11 is 12.3. The van der Waals surface area contributed by atoms with Crippen molar-refractivity contribution in [2.75, 3.05) is 11.9 Å². The van der Waals surface area contributed by atoms with Gasteiger partial charge in [0.05, 0.1) is 11.4 Å². The van der Waals surface area contributed by atoms with Gasteiger partial charge in [-0.05, 0) is 32.9 Å². The molecule has 0 aliphatic carbocycles. The van der Waals surface area contributed by atoms with E-state index in [1.807, 2.05) is 31.2 Å². The van der Waals surface area contributed by atoms with E-state index < -0.39 is 0 Å². The number of nitrogens with zero attached hydrogens (tertiary/aromatic N) is 1. The molecule has 1 N–H and O–H groups in total. The molecular weight excluding hydrogens is 323 g/mol. The van der Waals surface area contributed by atoms with Gasteiger partial charge in [0.2, 0.25) is 0 Å². The van der Waals surface area contributed by atoms with E-state index in [9.17, 15) is 4.79 Å². The quantitative estimate of drug-likeness (QED) is 0.902. The monoisotopic (exact) mass is 338 g/mol. The topological polar surface area (TPSA) is 51.2 Å². The highest BCUT2D eigenvalue weighted by Gasteiger charge is 2.15. The van der Waals surface area contributed by atoms with Gasteiger partial charge in [0.15, 0.2) is 12.4 Å². The first kappa shape index (κ1) is 16.6. The number of hydrogen-bond donors (Lipinski definition) is 1. The number of anilines is 1. The fourth-order valence-corrected chi connectivity index (χ4v) is 2.30. The van der Waals surface area contributed by atoms with Crippen LogP contribution in [-0.2, 0) is 4.79 Å². The molecular formula is C16H16Cl2N2O2. The molecule has 22 heavy (non-hydrogen) atoms. The van der Waals surface area contributed by atoms with Crippen LogP contribution in [0.3, 0.4) is 0 Å². The summed E-state index contributed by atoms with van der Waals surface area (Å²) < 4.78 is 5.47. The molecule has 1 aromatic heterocycles. The highest BCUT2D eigenvalue weighted by Crippen LogP contribution is 2.36. The third-order valence-electron chi connectivity index (χ3n) is 3.05. The zero-order chi connectivity index (χ0) is 16.3. The maximum atomic E-state index is 11.9. The van der Waals surface area contributed by atoms with Crippen LogP contribution in [0.2, 0.25) is 10.0 Å². The maximum absolute atomic E-state index is 11.9. The second kappa shape index (κ2) is 6.99. The van der Waals surface area contributed by atoms with E-state index in [2.05, 4.69) is 10.3 Å². The predicted octanol–water partition coefficient (Wildman–Crippen LogP) is 4.33. The lowest BCUT2D eigenvalue weighted by Crippen LogP contribution is -2.20. The number of aromatic nitrogens is 1. The van der Waals surface area contributed by atoms with Crippen molar-refractivity contribution >= 4 is 34.8 Å². The molecule has 0 fully saturated rings. The summed E-state index contributed by atoms with van der Waals surface area (Å²) in [4.78, 5) is 16.1. The molecule has 1 aromatic carbocycles. The van der Waals surface area contributed by atoms with Crippen molar-refractivity contribution in [1.82, 2.24) is 4.98 Å². The highest BCUT2D eigenvalue weighted by atomic mass is 35.5. The summed E-state index contributed by atoms with van der Waals surface area (Å²) in [5.41, 5.74) is 3.05. The van der Waals surface area contributed by atoms with E-state index in [0.29, 0.717) is 27.1 Å². The first-order valence-electron chi connectivity index (χ1n) is 6.70. The lowest BCUT2D eigenvalue weighted by Gasteiger charge is -2.13. The number of rotatable bonds is 4. The van der Waals surface area contributed by atoms with Crippen molar-refractivity contribution in [3.8, 4) is 5.75 Å². The Balaban J connectivity index is 2.04. The fourth-order valence-electron chi connectivity index (χ4n) is 1.87. The Morgan fingerprint density at radius 2 is 1.64 bits per heavy atom. The summed E-state index contributed by atoms with van der Waals surface area (Å²) in [5, 5.41) is 3.38. The van der Waals surface area contributed by atoms with Gasteiger partial charge in [0, 0.05) is 5.69 Å². The normalized spacial score (nSPS) is 10.4. The molecule has 116 valence electrons. The van der Waals surface area contributed by atoms with Gasteiger partial charge in [-0.2, -0.15) is 0 Å². The van der Waals surface area contributed by atoms with Gasteiger partial charge in [0.25, 0.3) is 5.91 Å². The minimum Gasteiger partial charge on any atom is -0.480 e. The third kappa shape index (κ3) is 3.90. The Kier molecular flexibility index (Phi) is 5.27. The Hall–Kier alpha value is -1.78. The Bertz CT molecular complexity index is 674. The summed E-state index contributed by atoms with van der Waals surface area (Å²) in [6.07, 6.45) is 0. The minimum atomic E-state index is -0.289. The van der Waals surface area contributed by atoms with E-state index in [0.717, 1.165) is 5.56 Å². The lowest BCUT2D eigenvalue weighted by atomic mass is 10.2. The van der Waals surface area contributed by atoms with Crippen LogP contribution in [0.1, 0.15) is 17.0 Å². The van der Waals surface area contributed by atoms with Gasteiger partial charge >= 0.3 is 0 Å². The number of pyridine rings is 1. The van der Waals surface area contributed by atoms with Crippen molar-refractivity contribution in [3.05, 3.63) is 51.3 Å². The molecule has 2 aromatic rings. The predicted molar refractivity (Wildman–Crippen MR) is 89.0 cm³/mol. The molecule has 0 unspecified atom stereocenters. The van der Waals surface area contributed by atoms with E-state index in [-0.39, 0.29) is 18.3 Å². The van der Waals surface area contributed by atoms with E-state index in [1.54, 1.807) is 13.8 Å². The number of hydrogen-bond acceptors (Lipinski definition) is 3. The lowest BCUT2D eigenvalue weighted by molar-refractivity contribution is -0.118. The van der Waals surface area contributed by atoms with Gasteiger partial charge in [-0.25, -0.2) is 0 Å². The zero-order valence-electron chi connectivity index (χ0n) is 12.5. The molecule has 0 aliphatic heterocycles. The van der Waals surface area contributed by atoms with Crippen LogP contribution in [0.25, 0.3) is 0 Å². The van der Waals surface area contributed by atoms with Gasteiger partial charge in [0.1, 0.15) is 10.0 Å². The van der Waals surface area contributed by atoms with E-state index >= 15 is 0 Å². The number of carbonyl (C=O) groups is 1. The molecule has 2 rings (SSSR count). The molecule has 0 saturated carbocycles. The molecule has 0 saturated heterocycles. The van der Waals surface area contributed by atoms with Crippen molar-refractivity contribution in [2.45, 2.75) is 20.8 Å². The number of aryl methyl sites for hydroxylation is 3. The van der Waals surface area contributed by atoms with Crippen molar-refractivity contribution in [2.24, 2.45) is 0 Å². The first-order valence-corrected chi connectivity index (χ1v) is 7.45. The van der Waals surface area contributed by atoms with Gasteiger partial charge in [-0.3, -0.25) is 9.78 Å². The van der Waals surface area contributed by atoms with Gasteiger partial charge in [-0.15, -0.1) is 0 Å². The molecule has 0 aliphatic rings. The Morgan fingerprint density at radius 1 is 1.09 bits per heavy atom. The number of ether oxygens (including phenoxy) is 1. The largest absolute Gasteiger partial charge is 0.480 e. The van der Waals surface area contributed by atoms with Crippen molar-refractivity contribution in [3.63, 3.8) is 0 Å². The van der Waals surface area contributed by atoms with Crippen molar-refractivity contribution in [1.29, 1.82) is 0 Å². The average Bonchev–Trinajstić information content (AvgIpc) is 2.47. The van der Waals surface area contributed by atoms with Crippen LogP contribution in [0.5, 0.6) is 5.75 Å². The molecule has 6 heteroatoms. The van der Waals surface area contributed by atoms with E-state index in [4.69, 9.17) is 27.9 Å². The Labute approximate surface area is 139 Å². The van der Waals surface area contributed by atoms with Gasteiger partial charge in [-0.1, -0.05) is 40.9 Å². The third-order valence-corrected chi connectivity index (χ3v) is 3.94. The van der Waals surface area contributed by atoms with Crippen LogP contribution in [-0.4, -0.2) is 17.5 Å². The summed E-state index contributed by atoms with van der Waals surface area (Å²) in [7, 11) is 0. The standard InChI is InChI=1S/C16H16Cl2N2O2/c1-9-4-6-12(7-5-9)20-13(21)8-22-16-14(17)10(2)19-11(3)15(16)18/h4-7H,8H2,1-3H3,(H,20,21). The zero-order valence-corrected chi connectivity index (χ0v) is 14.0. The molecule has 0 bridgehead atoms. The van der Waals surface area contributed by atoms with Crippen LogP contribution in [0, 0.1) is 20.8 Å². The summed E-state index contributed by atoms with van der Waals surface area (Å²) in [6.45, 7) is 5.30. The number of nitrogens with one attached hydrogen (secondary N) is 1. The summed E-state index contributed by atoms with van der Waals surface area (Å²) in [6, 6.07) is 7.49. The van der Waals surface area contributed by atoms with Crippen LogP contribution in [0.15, 0.2) is 24.3 Å². The number of halogens is 2. The minimum absolute atomic E-state index is 0.184. The average molecular weight is 339 g/mol. The molecule has 0 radical (unpaired) electrons. The molecule has 1 amide bonds. The van der Waals surface area contributed by atoms with Crippen LogP contribution < -0.4 is 10.1 Å². The number of amides is 1. The van der Waals surface area contributed by atoms with Crippen LogP contribution >= 0.6 is 23.2 Å². The van der Waals surface area contributed by atoms with Crippen LogP contribution in [0.4, 0.5) is 5.69 Å². The molecule has 1 heterocycles. The van der Waals surface area contributed by atoms with Gasteiger partial charge < -0.3 is 10.1 Å². The Morgan fingerprint density at radius 3 is 2.18 bits per heavy atom. The molecule has 0 spiro atoms.